The van der Waals surface area contributed by atoms with E-state index in [-0.39, 0.29) is 12.2 Å². The molecule has 15 heteroatoms. The van der Waals surface area contributed by atoms with E-state index in [0.29, 0.717) is 12.6 Å². The third-order valence-corrected chi connectivity index (χ3v) is 5.31. The molecule has 0 amide bonds. The first kappa shape index (κ1) is 30.1. The lowest BCUT2D eigenvalue weighted by Gasteiger charge is -2.30. The highest BCUT2D eigenvalue weighted by Gasteiger charge is 2.43. The molecule has 0 aromatic carbocycles. The van der Waals surface area contributed by atoms with Crippen molar-refractivity contribution in [1.29, 1.82) is 0 Å². The Morgan fingerprint density at radius 3 is 2.11 bits per heavy atom. The van der Waals surface area contributed by atoms with Gasteiger partial charge in [-0.05, 0) is 36.6 Å². The van der Waals surface area contributed by atoms with E-state index < -0.39 is 24.3 Å². The van der Waals surface area contributed by atoms with Crippen molar-refractivity contribution in [3.05, 3.63) is 54.2 Å². The van der Waals surface area contributed by atoms with E-state index in [2.05, 4.69) is 9.88 Å². The monoisotopic (exact) mass is 542 g/mol. The Morgan fingerprint density at radius 2 is 1.59 bits per heavy atom. The predicted octanol–water partition coefficient (Wildman–Crippen LogP) is 3.89. The molecule has 1 aliphatic carbocycles. The van der Waals surface area contributed by atoms with Crippen LogP contribution >= 0.6 is 0 Å². The van der Waals surface area contributed by atoms with Crippen molar-refractivity contribution in [2.75, 3.05) is 13.2 Å². The number of ether oxygens (including phenoxy) is 2. The van der Waals surface area contributed by atoms with Crippen LogP contribution in [-0.2, 0) is 32.2 Å². The van der Waals surface area contributed by atoms with E-state index in [0.717, 1.165) is 38.1 Å². The van der Waals surface area contributed by atoms with Crippen LogP contribution in [0.25, 0.3) is 0 Å². The molecule has 2 bridgehead atoms. The number of carboxylic acid groups (broad SMARTS) is 2. The second-order valence-electron chi connectivity index (χ2n) is 7.89. The number of hydrogen-bond donors (Lipinski definition) is 2. The summed E-state index contributed by atoms with van der Waals surface area (Å²) in [6.07, 6.45) is -0.432. The molecule has 4 rings (SSSR count). The molecule has 2 N–H and O–H groups in total. The van der Waals surface area contributed by atoms with Gasteiger partial charge in [0.2, 0.25) is 0 Å². The second-order valence-corrected chi connectivity index (χ2v) is 7.89. The molecule has 1 aliphatic heterocycles. The van der Waals surface area contributed by atoms with E-state index in [1.54, 1.807) is 6.26 Å². The zero-order chi connectivity index (χ0) is 27.6. The minimum atomic E-state index is -5.08. The molecule has 1 saturated carbocycles. The number of nitrogens with zero attached hydrogens (tertiary/aromatic N) is 2. The lowest BCUT2D eigenvalue weighted by molar-refractivity contribution is -0.193. The van der Waals surface area contributed by atoms with Crippen molar-refractivity contribution in [1.82, 2.24) is 9.88 Å². The summed E-state index contributed by atoms with van der Waals surface area (Å²) in [6, 6.07) is 6.45. The summed E-state index contributed by atoms with van der Waals surface area (Å²) in [5.41, 5.74) is 2.37. The van der Waals surface area contributed by atoms with Crippen molar-refractivity contribution in [2.24, 2.45) is 0 Å². The molecule has 2 aromatic rings. The van der Waals surface area contributed by atoms with Crippen molar-refractivity contribution in [3.63, 3.8) is 0 Å². The first-order valence-electron chi connectivity index (χ1n) is 10.8. The Labute approximate surface area is 206 Å². The van der Waals surface area contributed by atoms with Gasteiger partial charge in [0.1, 0.15) is 0 Å². The first-order chi connectivity index (χ1) is 17.3. The highest BCUT2D eigenvalue weighted by molar-refractivity contribution is 5.73. The van der Waals surface area contributed by atoms with Gasteiger partial charge in [0.25, 0.3) is 0 Å². The third-order valence-electron chi connectivity index (χ3n) is 5.31. The van der Waals surface area contributed by atoms with E-state index in [1.165, 1.54) is 5.56 Å². The number of alkyl halides is 6. The number of hydrogen-bond acceptors (Lipinski definition) is 7. The molecule has 9 nitrogen and oxygen atoms in total. The lowest BCUT2D eigenvalue weighted by Crippen LogP contribution is -2.42. The fraction of sp³-hybridized carbons (Fsp3) is 0.500. The average molecular weight is 542 g/mol. The highest BCUT2D eigenvalue weighted by Crippen LogP contribution is 2.33. The maximum absolute atomic E-state index is 10.6. The van der Waals surface area contributed by atoms with Gasteiger partial charge in [-0.25, -0.2) is 9.59 Å². The van der Waals surface area contributed by atoms with Gasteiger partial charge in [-0.3, -0.25) is 9.88 Å². The first-order valence-corrected chi connectivity index (χ1v) is 10.8. The number of aromatic nitrogens is 1. The van der Waals surface area contributed by atoms with Crippen LogP contribution in [-0.4, -0.2) is 75.8 Å². The van der Waals surface area contributed by atoms with Crippen LogP contribution in [0.5, 0.6) is 0 Å². The summed E-state index contributed by atoms with van der Waals surface area (Å²) in [5.74, 6) is -5.51. The molecule has 3 unspecified atom stereocenters. The minimum Gasteiger partial charge on any atom is -0.475 e. The molecule has 3 atom stereocenters. The molecule has 2 aromatic heterocycles. The Hall–Kier alpha value is -3.17. The van der Waals surface area contributed by atoms with E-state index >= 15 is 0 Å². The topological polar surface area (TPSA) is 122 Å². The SMILES string of the molecule is O=C(O)C(F)(F)F.O=C(O)C(F)(F)F.c1cc(COC2C3CCC2N(Cc2ccoc2)CCO3)ccn1. The summed E-state index contributed by atoms with van der Waals surface area (Å²) in [7, 11) is 0. The molecule has 1 saturated heterocycles. The average Bonchev–Trinajstić information content (AvgIpc) is 3.42. The van der Waals surface area contributed by atoms with Gasteiger partial charge in [0.15, 0.2) is 0 Å². The number of fused-ring (bicyclic) bond motifs is 2. The molecular weight excluding hydrogens is 518 g/mol. The number of aliphatic carboxylic acids is 2. The van der Waals surface area contributed by atoms with Gasteiger partial charge in [0, 0.05) is 37.1 Å². The molecule has 37 heavy (non-hydrogen) atoms. The largest absolute Gasteiger partial charge is 0.490 e. The van der Waals surface area contributed by atoms with Crippen LogP contribution in [0.15, 0.2) is 47.5 Å². The van der Waals surface area contributed by atoms with Crippen molar-refractivity contribution in [3.8, 4) is 0 Å². The van der Waals surface area contributed by atoms with Gasteiger partial charge in [-0.1, -0.05) is 0 Å². The predicted molar refractivity (Wildman–Crippen MR) is 112 cm³/mol. The van der Waals surface area contributed by atoms with Gasteiger partial charge in [-0.2, -0.15) is 26.3 Å². The van der Waals surface area contributed by atoms with Gasteiger partial charge >= 0.3 is 24.3 Å². The van der Waals surface area contributed by atoms with Crippen LogP contribution in [0.3, 0.4) is 0 Å². The van der Waals surface area contributed by atoms with Crippen molar-refractivity contribution >= 4 is 11.9 Å². The quantitative estimate of drug-likeness (QED) is 0.542. The fourth-order valence-corrected chi connectivity index (χ4v) is 3.67. The zero-order valence-corrected chi connectivity index (χ0v) is 19.1. The van der Waals surface area contributed by atoms with Crippen LogP contribution < -0.4 is 0 Å². The number of carboxylic acids is 2. The van der Waals surface area contributed by atoms with Crippen molar-refractivity contribution in [2.45, 2.75) is 56.6 Å². The van der Waals surface area contributed by atoms with Gasteiger partial charge < -0.3 is 24.1 Å². The van der Waals surface area contributed by atoms with Crippen LogP contribution in [0.2, 0.25) is 0 Å². The van der Waals surface area contributed by atoms with Gasteiger partial charge in [-0.15, -0.1) is 0 Å². The number of pyridine rings is 1. The molecule has 0 spiro atoms. The van der Waals surface area contributed by atoms with E-state index in [4.69, 9.17) is 33.7 Å². The van der Waals surface area contributed by atoms with Gasteiger partial charge in [0.05, 0.1) is 37.9 Å². The van der Waals surface area contributed by atoms with E-state index in [1.807, 2.05) is 36.9 Å². The molecular formula is C22H24F6N2O7. The second kappa shape index (κ2) is 13.4. The summed E-state index contributed by atoms with van der Waals surface area (Å²) < 4.78 is 81.0. The lowest BCUT2D eigenvalue weighted by atomic mass is 10.1. The summed E-state index contributed by atoms with van der Waals surface area (Å²) in [5, 5.41) is 14.2. The summed E-state index contributed by atoms with van der Waals surface area (Å²) in [4.78, 5) is 24.3. The Morgan fingerprint density at radius 1 is 1.00 bits per heavy atom. The van der Waals surface area contributed by atoms with Crippen LogP contribution in [0.4, 0.5) is 26.3 Å². The third kappa shape index (κ3) is 10.0. The normalized spacial score (nSPS) is 21.6. The number of furan rings is 1. The fourth-order valence-electron chi connectivity index (χ4n) is 3.67. The Bertz CT molecular complexity index is 946. The maximum Gasteiger partial charge on any atom is 0.490 e. The maximum atomic E-state index is 10.6. The Kier molecular flexibility index (Phi) is 10.9. The summed E-state index contributed by atoms with van der Waals surface area (Å²) in [6.45, 7) is 3.23. The smallest absolute Gasteiger partial charge is 0.475 e. The number of carbonyl (C=O) groups is 2. The standard InChI is InChI=1S/C18H22N2O3.2C2HF3O2/c1-2-17-18(23-13-14-3-6-19-7-4-14)16(1)20(8-10-22-17)11-15-5-9-21-12-15;2*3-2(4,5)1(6)7/h3-7,9,12,16-18H,1-2,8,10-11,13H2;2*(H,6,7). The molecule has 2 aliphatic rings. The molecule has 0 radical (unpaired) electrons. The van der Waals surface area contributed by atoms with Crippen molar-refractivity contribution < 1.29 is 60.0 Å². The number of halogens is 6. The molecule has 2 fully saturated rings. The van der Waals surface area contributed by atoms with Crippen LogP contribution in [0.1, 0.15) is 24.0 Å². The zero-order valence-electron chi connectivity index (χ0n) is 19.1. The van der Waals surface area contributed by atoms with E-state index in [9.17, 15) is 26.3 Å². The summed E-state index contributed by atoms with van der Waals surface area (Å²) >= 11 is 0. The molecule has 3 heterocycles. The molecule has 206 valence electrons. The minimum absolute atomic E-state index is 0.137. The van der Waals surface area contributed by atoms with Crippen LogP contribution in [0, 0.1) is 0 Å². The highest BCUT2D eigenvalue weighted by atomic mass is 19.4. The number of rotatable bonds is 5. The Balaban J connectivity index is 0.000000286.